The Bertz CT molecular complexity index is 505. The summed E-state index contributed by atoms with van der Waals surface area (Å²) in [6.07, 6.45) is 0.167. The summed E-state index contributed by atoms with van der Waals surface area (Å²) in [6.45, 7) is -0.0533. The Balaban J connectivity index is 1.99. The molecule has 0 radical (unpaired) electrons. The molecule has 8 nitrogen and oxygen atoms in total. The Morgan fingerprint density at radius 2 is 2.00 bits per heavy atom. The quantitative estimate of drug-likeness (QED) is 0.588. The monoisotopic (exact) mass is 306 g/mol. The van der Waals surface area contributed by atoms with E-state index < -0.39 is 40.0 Å². The van der Waals surface area contributed by atoms with Crippen LogP contribution in [0.1, 0.15) is 19.3 Å². The number of carbonyl (C=O) groups is 2. The molecule has 2 aliphatic rings. The van der Waals surface area contributed by atoms with Crippen LogP contribution in [0.5, 0.6) is 0 Å². The summed E-state index contributed by atoms with van der Waals surface area (Å²) < 4.78 is 23.0. The predicted octanol–water partition coefficient (Wildman–Crippen LogP) is -1.21. The third kappa shape index (κ3) is 3.40. The molecule has 0 spiro atoms. The molecular formula is C11H18N2O6S. The highest BCUT2D eigenvalue weighted by molar-refractivity contribution is 7.91. The minimum atomic E-state index is -3.14. The summed E-state index contributed by atoms with van der Waals surface area (Å²) in [5.74, 6) is -1.17. The lowest BCUT2D eigenvalue weighted by molar-refractivity contribution is -0.141. The number of carboxylic acid groups (broad SMARTS) is 1. The SMILES string of the molecule is O=C(O)C1CC(O)CN1C(=O)NC1CCCS(=O)(=O)C1. The number of urea groups is 1. The number of aliphatic carboxylic acids is 1. The van der Waals surface area contributed by atoms with Gasteiger partial charge in [-0.2, -0.15) is 0 Å². The molecule has 2 heterocycles. The van der Waals surface area contributed by atoms with Gasteiger partial charge in [0.25, 0.3) is 0 Å². The van der Waals surface area contributed by atoms with Crippen molar-refractivity contribution < 1.29 is 28.2 Å². The molecule has 2 fully saturated rings. The van der Waals surface area contributed by atoms with Gasteiger partial charge in [-0.05, 0) is 12.8 Å². The molecule has 0 aliphatic carbocycles. The van der Waals surface area contributed by atoms with Crippen LogP contribution < -0.4 is 5.32 Å². The maximum atomic E-state index is 12.0. The molecule has 0 saturated carbocycles. The number of carboxylic acids is 1. The van der Waals surface area contributed by atoms with Crippen molar-refractivity contribution >= 4 is 21.8 Å². The lowest BCUT2D eigenvalue weighted by atomic mass is 10.2. The highest BCUT2D eigenvalue weighted by Gasteiger charge is 2.40. The van der Waals surface area contributed by atoms with Crippen LogP contribution >= 0.6 is 0 Å². The van der Waals surface area contributed by atoms with Crippen LogP contribution in [0, 0.1) is 0 Å². The van der Waals surface area contributed by atoms with Crippen LogP contribution in [0.2, 0.25) is 0 Å². The van der Waals surface area contributed by atoms with Crippen molar-refractivity contribution in [2.45, 2.75) is 37.5 Å². The molecule has 2 rings (SSSR count). The second-order valence-electron chi connectivity index (χ2n) is 5.30. The zero-order valence-corrected chi connectivity index (χ0v) is 11.7. The van der Waals surface area contributed by atoms with Crippen LogP contribution in [0.3, 0.4) is 0 Å². The second kappa shape index (κ2) is 5.57. The first-order valence-corrected chi connectivity index (χ1v) is 8.29. The number of nitrogens with one attached hydrogen (secondary N) is 1. The molecule has 2 aliphatic heterocycles. The van der Waals surface area contributed by atoms with Gasteiger partial charge in [0.15, 0.2) is 9.84 Å². The molecule has 114 valence electrons. The minimum Gasteiger partial charge on any atom is -0.480 e. The van der Waals surface area contributed by atoms with E-state index >= 15 is 0 Å². The van der Waals surface area contributed by atoms with E-state index in [1.165, 1.54) is 0 Å². The third-order valence-electron chi connectivity index (χ3n) is 3.62. The van der Waals surface area contributed by atoms with Gasteiger partial charge >= 0.3 is 12.0 Å². The lowest BCUT2D eigenvalue weighted by Gasteiger charge is -2.27. The van der Waals surface area contributed by atoms with Crippen molar-refractivity contribution in [1.29, 1.82) is 0 Å². The third-order valence-corrected chi connectivity index (χ3v) is 5.44. The van der Waals surface area contributed by atoms with Crippen molar-refractivity contribution in [2.75, 3.05) is 18.1 Å². The Kier molecular flexibility index (Phi) is 4.19. The summed E-state index contributed by atoms with van der Waals surface area (Å²) in [5, 5.41) is 21.0. The number of β-amino-alcohol motifs (C(OH)–C–C–N with tert-alkyl or cyclic N) is 1. The maximum Gasteiger partial charge on any atom is 0.326 e. The first-order valence-electron chi connectivity index (χ1n) is 6.47. The molecule has 0 bridgehead atoms. The number of likely N-dealkylation sites (tertiary alicyclic amines) is 1. The van der Waals surface area contributed by atoms with Crippen molar-refractivity contribution in [3.63, 3.8) is 0 Å². The number of carbonyl (C=O) groups excluding carboxylic acids is 1. The predicted molar refractivity (Wildman–Crippen MR) is 69.0 cm³/mol. The van der Waals surface area contributed by atoms with Gasteiger partial charge < -0.3 is 20.4 Å². The van der Waals surface area contributed by atoms with Crippen LogP contribution in [0.15, 0.2) is 0 Å². The van der Waals surface area contributed by atoms with Gasteiger partial charge in [-0.3, -0.25) is 0 Å². The highest BCUT2D eigenvalue weighted by atomic mass is 32.2. The average Bonchev–Trinajstić information content (AvgIpc) is 2.70. The lowest BCUT2D eigenvalue weighted by Crippen LogP contribution is -2.51. The number of aliphatic hydroxyl groups is 1. The van der Waals surface area contributed by atoms with Gasteiger partial charge in [0, 0.05) is 19.0 Å². The van der Waals surface area contributed by atoms with E-state index in [4.69, 9.17) is 5.11 Å². The number of nitrogens with zero attached hydrogens (tertiary/aromatic N) is 1. The van der Waals surface area contributed by atoms with E-state index in [1.807, 2.05) is 0 Å². The molecule has 3 unspecified atom stereocenters. The van der Waals surface area contributed by atoms with E-state index in [1.54, 1.807) is 0 Å². The van der Waals surface area contributed by atoms with Gasteiger partial charge in [-0.25, -0.2) is 18.0 Å². The van der Waals surface area contributed by atoms with Gasteiger partial charge in [0.1, 0.15) is 6.04 Å². The van der Waals surface area contributed by atoms with E-state index in [9.17, 15) is 23.1 Å². The van der Waals surface area contributed by atoms with Gasteiger partial charge in [0.2, 0.25) is 0 Å². The first kappa shape index (κ1) is 15.0. The molecule has 9 heteroatoms. The van der Waals surface area contributed by atoms with Crippen molar-refractivity contribution in [3.05, 3.63) is 0 Å². The minimum absolute atomic E-state index is 0.00822. The molecule has 3 atom stereocenters. The van der Waals surface area contributed by atoms with Crippen molar-refractivity contribution in [2.24, 2.45) is 0 Å². The maximum absolute atomic E-state index is 12.0. The Labute approximate surface area is 116 Å². The van der Waals surface area contributed by atoms with E-state index in [-0.39, 0.29) is 24.5 Å². The van der Waals surface area contributed by atoms with E-state index in [2.05, 4.69) is 5.32 Å². The summed E-state index contributed by atoms with van der Waals surface area (Å²) in [4.78, 5) is 24.1. The van der Waals surface area contributed by atoms with E-state index in [0.717, 1.165) is 4.90 Å². The van der Waals surface area contributed by atoms with Gasteiger partial charge in [-0.1, -0.05) is 0 Å². The molecular weight excluding hydrogens is 288 g/mol. The molecule has 0 aromatic rings. The summed E-state index contributed by atoms with van der Waals surface area (Å²) in [6, 6.07) is -2.19. The fourth-order valence-electron chi connectivity index (χ4n) is 2.67. The number of sulfone groups is 1. The van der Waals surface area contributed by atoms with Gasteiger partial charge in [-0.15, -0.1) is 0 Å². The normalized spacial score (nSPS) is 32.9. The number of hydrogen-bond acceptors (Lipinski definition) is 5. The average molecular weight is 306 g/mol. The topological polar surface area (TPSA) is 124 Å². The smallest absolute Gasteiger partial charge is 0.326 e. The zero-order valence-electron chi connectivity index (χ0n) is 10.9. The second-order valence-corrected chi connectivity index (χ2v) is 7.53. The highest BCUT2D eigenvalue weighted by Crippen LogP contribution is 2.19. The summed E-state index contributed by atoms with van der Waals surface area (Å²) in [5.41, 5.74) is 0. The number of hydrogen-bond donors (Lipinski definition) is 3. The van der Waals surface area contributed by atoms with Crippen molar-refractivity contribution in [1.82, 2.24) is 10.2 Å². The number of aliphatic hydroxyl groups excluding tert-OH is 1. The van der Waals surface area contributed by atoms with E-state index in [0.29, 0.717) is 12.8 Å². The van der Waals surface area contributed by atoms with Gasteiger partial charge in [0.05, 0.1) is 17.6 Å². The van der Waals surface area contributed by atoms with Crippen LogP contribution in [-0.4, -0.2) is 71.8 Å². The standard InChI is InChI=1S/C11H18N2O6S/c14-8-4-9(10(15)16)13(5-8)11(17)12-7-2-1-3-20(18,19)6-7/h7-9,14H,1-6H2,(H,12,17)(H,15,16). The molecule has 2 saturated heterocycles. The molecule has 2 amide bonds. The fourth-order valence-corrected chi connectivity index (χ4v) is 4.30. The number of rotatable bonds is 2. The van der Waals surface area contributed by atoms with Crippen LogP contribution in [0.25, 0.3) is 0 Å². The first-order chi connectivity index (χ1) is 9.28. The van der Waals surface area contributed by atoms with Crippen molar-refractivity contribution in [3.8, 4) is 0 Å². The Morgan fingerprint density at radius 1 is 1.30 bits per heavy atom. The summed E-state index contributed by atoms with van der Waals surface area (Å²) in [7, 11) is -3.14. The summed E-state index contributed by atoms with van der Waals surface area (Å²) >= 11 is 0. The molecule has 20 heavy (non-hydrogen) atoms. The Morgan fingerprint density at radius 3 is 2.60 bits per heavy atom. The molecule has 3 N–H and O–H groups in total. The zero-order chi connectivity index (χ0) is 14.9. The molecule has 0 aromatic heterocycles. The van der Waals surface area contributed by atoms with Crippen LogP contribution in [-0.2, 0) is 14.6 Å². The fraction of sp³-hybridized carbons (Fsp3) is 0.818. The molecule has 0 aromatic carbocycles. The number of amides is 2. The Hall–Kier alpha value is -1.35. The largest absolute Gasteiger partial charge is 0.480 e. The van der Waals surface area contributed by atoms with Crippen LogP contribution in [0.4, 0.5) is 4.79 Å².